The summed E-state index contributed by atoms with van der Waals surface area (Å²) in [5, 5.41) is 3.38. The monoisotopic (exact) mass is 346 g/mol. The number of hydrogen-bond donors (Lipinski definition) is 0. The van der Waals surface area contributed by atoms with E-state index in [2.05, 4.69) is 35.3 Å². The van der Waals surface area contributed by atoms with Crippen molar-refractivity contribution in [1.29, 1.82) is 0 Å². The third-order valence-corrected chi connectivity index (χ3v) is 6.48. The van der Waals surface area contributed by atoms with Gasteiger partial charge in [0.25, 0.3) is 5.91 Å². The van der Waals surface area contributed by atoms with Gasteiger partial charge in [-0.25, -0.2) is 4.99 Å². The molecule has 2 heterocycles. The van der Waals surface area contributed by atoms with Gasteiger partial charge in [-0.1, -0.05) is 54.2 Å². The van der Waals surface area contributed by atoms with Crippen molar-refractivity contribution in [2.45, 2.75) is 32.1 Å². The predicted octanol–water partition coefficient (Wildman–Crippen LogP) is 4.91. The molecule has 0 radical (unpaired) electrons. The summed E-state index contributed by atoms with van der Waals surface area (Å²) in [5.41, 5.74) is 2.47. The molecule has 25 heavy (non-hydrogen) atoms. The summed E-state index contributed by atoms with van der Waals surface area (Å²) in [5.74, 6) is 0.469. The van der Waals surface area contributed by atoms with Gasteiger partial charge >= 0.3 is 0 Å². The normalized spacial score (nSPS) is 22.6. The smallest absolute Gasteiger partial charge is 0.261 e. The van der Waals surface area contributed by atoms with Crippen LogP contribution in [0.2, 0.25) is 0 Å². The van der Waals surface area contributed by atoms with E-state index >= 15 is 0 Å². The SMILES string of the molecule is O=C1N=C(Cc2cccc3ccccc23)N=C2SC3=C(CCCC3)C12. The lowest BCUT2D eigenvalue weighted by atomic mass is 9.89. The van der Waals surface area contributed by atoms with E-state index in [4.69, 9.17) is 4.99 Å². The molecule has 0 saturated carbocycles. The molecule has 0 saturated heterocycles. The molecule has 3 nitrogen and oxygen atoms in total. The molecule has 124 valence electrons. The molecule has 0 spiro atoms. The molecule has 1 amide bonds. The van der Waals surface area contributed by atoms with Gasteiger partial charge in [0, 0.05) is 6.42 Å². The quantitative estimate of drug-likeness (QED) is 0.775. The van der Waals surface area contributed by atoms with E-state index in [9.17, 15) is 4.79 Å². The van der Waals surface area contributed by atoms with Crippen LogP contribution in [0.5, 0.6) is 0 Å². The summed E-state index contributed by atoms with van der Waals surface area (Å²) in [6.45, 7) is 0. The van der Waals surface area contributed by atoms with Crippen LogP contribution in [-0.2, 0) is 11.2 Å². The zero-order chi connectivity index (χ0) is 16.8. The van der Waals surface area contributed by atoms with Crippen LogP contribution in [0, 0.1) is 5.92 Å². The summed E-state index contributed by atoms with van der Waals surface area (Å²) >= 11 is 1.73. The van der Waals surface area contributed by atoms with E-state index in [1.165, 1.54) is 39.7 Å². The molecule has 3 aliphatic rings. The van der Waals surface area contributed by atoms with Crippen LogP contribution in [0.25, 0.3) is 10.8 Å². The molecular weight excluding hydrogens is 328 g/mol. The van der Waals surface area contributed by atoms with Gasteiger partial charge in [0.2, 0.25) is 0 Å². The topological polar surface area (TPSA) is 41.8 Å². The summed E-state index contributed by atoms with van der Waals surface area (Å²) in [6, 6.07) is 14.6. The highest BCUT2D eigenvalue weighted by Gasteiger charge is 2.40. The molecule has 0 N–H and O–H groups in total. The predicted molar refractivity (Wildman–Crippen MR) is 104 cm³/mol. The minimum absolute atomic E-state index is 0.0142. The molecule has 2 aliphatic heterocycles. The maximum atomic E-state index is 12.7. The first-order valence-electron chi connectivity index (χ1n) is 8.86. The van der Waals surface area contributed by atoms with Crippen LogP contribution in [0.3, 0.4) is 0 Å². The lowest BCUT2D eigenvalue weighted by molar-refractivity contribution is -0.118. The Morgan fingerprint density at radius 3 is 2.80 bits per heavy atom. The highest BCUT2D eigenvalue weighted by Crippen LogP contribution is 2.47. The minimum Gasteiger partial charge on any atom is -0.271 e. The largest absolute Gasteiger partial charge is 0.271 e. The average molecular weight is 346 g/mol. The fourth-order valence-corrected chi connectivity index (χ4v) is 5.40. The van der Waals surface area contributed by atoms with Gasteiger partial charge in [-0.15, -0.1) is 0 Å². The minimum atomic E-state index is -0.170. The summed E-state index contributed by atoms with van der Waals surface area (Å²) in [4.78, 5) is 23.2. The first-order chi connectivity index (χ1) is 12.3. The van der Waals surface area contributed by atoms with Crippen LogP contribution in [0.1, 0.15) is 31.2 Å². The van der Waals surface area contributed by atoms with Crippen molar-refractivity contribution in [1.82, 2.24) is 0 Å². The highest BCUT2D eigenvalue weighted by atomic mass is 32.2. The van der Waals surface area contributed by atoms with Crippen LogP contribution in [0.4, 0.5) is 0 Å². The molecule has 5 rings (SSSR count). The van der Waals surface area contributed by atoms with E-state index < -0.39 is 0 Å². The Morgan fingerprint density at radius 1 is 1.00 bits per heavy atom. The van der Waals surface area contributed by atoms with Gasteiger partial charge in [-0.05, 0) is 52.5 Å². The fraction of sp³-hybridized carbons (Fsp3) is 0.286. The van der Waals surface area contributed by atoms with Crippen molar-refractivity contribution in [3.8, 4) is 0 Å². The van der Waals surface area contributed by atoms with Crippen LogP contribution < -0.4 is 0 Å². The number of carbonyl (C=O) groups is 1. The molecule has 0 bridgehead atoms. The number of fused-ring (bicyclic) bond motifs is 3. The fourth-order valence-electron chi connectivity index (χ4n) is 4.04. The van der Waals surface area contributed by atoms with Crippen molar-refractivity contribution < 1.29 is 4.79 Å². The van der Waals surface area contributed by atoms with Crippen LogP contribution >= 0.6 is 11.8 Å². The summed E-state index contributed by atoms with van der Waals surface area (Å²) in [6.07, 6.45) is 5.15. The second-order valence-electron chi connectivity index (χ2n) is 6.82. The van der Waals surface area contributed by atoms with Gasteiger partial charge in [0.15, 0.2) is 0 Å². The third kappa shape index (κ3) is 2.56. The van der Waals surface area contributed by atoms with Gasteiger partial charge in [0.1, 0.15) is 11.8 Å². The number of carbonyl (C=O) groups excluding carboxylic acids is 1. The Balaban J connectivity index is 1.48. The lowest BCUT2D eigenvalue weighted by Crippen LogP contribution is -2.26. The average Bonchev–Trinajstić information content (AvgIpc) is 3.01. The molecule has 1 atom stereocenters. The molecule has 0 aromatic heterocycles. The van der Waals surface area contributed by atoms with Crippen molar-refractivity contribution in [2.24, 2.45) is 15.9 Å². The van der Waals surface area contributed by atoms with Gasteiger partial charge in [-0.3, -0.25) is 4.79 Å². The number of nitrogens with zero attached hydrogens (tertiary/aromatic N) is 2. The van der Waals surface area contributed by atoms with Crippen molar-refractivity contribution in [2.75, 3.05) is 0 Å². The molecule has 1 aliphatic carbocycles. The van der Waals surface area contributed by atoms with Crippen molar-refractivity contribution in [3.63, 3.8) is 0 Å². The molecule has 4 heteroatoms. The first kappa shape index (κ1) is 15.1. The lowest BCUT2D eigenvalue weighted by Gasteiger charge is -2.18. The number of allylic oxidation sites excluding steroid dienone is 1. The first-order valence-corrected chi connectivity index (χ1v) is 9.67. The van der Waals surface area contributed by atoms with Gasteiger partial charge < -0.3 is 0 Å². The molecule has 1 unspecified atom stereocenters. The summed E-state index contributed by atoms with van der Waals surface area (Å²) in [7, 11) is 0. The Bertz CT molecular complexity index is 981. The number of amides is 1. The van der Waals surface area contributed by atoms with E-state index in [0.29, 0.717) is 12.3 Å². The Morgan fingerprint density at radius 2 is 1.84 bits per heavy atom. The van der Waals surface area contributed by atoms with Crippen molar-refractivity contribution >= 4 is 39.3 Å². The Labute approximate surface area is 150 Å². The summed E-state index contributed by atoms with van der Waals surface area (Å²) < 4.78 is 0. The van der Waals surface area contributed by atoms with Gasteiger partial charge in [-0.2, -0.15) is 4.99 Å². The zero-order valence-corrected chi connectivity index (χ0v) is 14.7. The second kappa shape index (κ2) is 5.95. The molecular formula is C21H18N2OS. The van der Waals surface area contributed by atoms with E-state index in [0.717, 1.165) is 17.9 Å². The number of benzene rings is 2. The zero-order valence-electron chi connectivity index (χ0n) is 13.9. The maximum absolute atomic E-state index is 12.7. The van der Waals surface area contributed by atoms with Crippen molar-refractivity contribution in [3.05, 3.63) is 58.5 Å². The number of hydrogen-bond acceptors (Lipinski definition) is 3. The number of thioether (sulfide) groups is 1. The molecule has 0 fully saturated rings. The maximum Gasteiger partial charge on any atom is 0.261 e. The second-order valence-corrected chi connectivity index (χ2v) is 7.94. The van der Waals surface area contributed by atoms with Gasteiger partial charge in [0.05, 0.1) is 5.04 Å². The number of amidine groups is 1. The number of aliphatic imine (C=N–C) groups is 2. The van der Waals surface area contributed by atoms with E-state index in [1.807, 2.05) is 12.1 Å². The Hall–Kier alpha value is -2.20. The molecule has 2 aromatic carbocycles. The standard InChI is InChI=1S/C21H18N2OS/c24-20-19-16-10-3-4-11-17(16)25-21(19)23-18(22-20)12-14-8-5-7-13-6-1-2-9-15(13)14/h1-2,5-9,19H,3-4,10-12H2. The van der Waals surface area contributed by atoms with E-state index in [1.54, 1.807) is 11.8 Å². The number of rotatable bonds is 2. The highest BCUT2D eigenvalue weighted by molar-refractivity contribution is 8.17. The van der Waals surface area contributed by atoms with E-state index in [-0.39, 0.29) is 11.8 Å². The third-order valence-electron chi connectivity index (χ3n) is 5.24. The van der Waals surface area contributed by atoms with Crippen LogP contribution in [0.15, 0.2) is 62.9 Å². The van der Waals surface area contributed by atoms with Crippen LogP contribution in [-0.4, -0.2) is 16.8 Å². The Kier molecular flexibility index (Phi) is 3.59. The molecule has 2 aromatic rings.